The molecule has 0 aliphatic heterocycles. The lowest BCUT2D eigenvalue weighted by atomic mass is 10.3. The van der Waals surface area contributed by atoms with E-state index in [0.29, 0.717) is 0 Å². The molecule has 0 saturated heterocycles. The summed E-state index contributed by atoms with van der Waals surface area (Å²) in [5, 5.41) is 0. The zero-order valence-corrected chi connectivity index (χ0v) is 8.65. The number of rotatable bonds is 2. The van der Waals surface area contributed by atoms with Crippen LogP contribution in [0, 0.1) is 0 Å². The molecule has 0 fully saturated rings. The molecule has 0 radical (unpaired) electrons. The minimum absolute atomic E-state index is 1.15. The molecule has 0 aromatic heterocycles. The van der Waals surface area contributed by atoms with E-state index in [1.54, 1.807) is 12.2 Å². The van der Waals surface area contributed by atoms with Gasteiger partial charge in [-0.25, -0.2) is 0 Å². The Balaban J connectivity index is -0.000000138. The molecule has 11 heavy (non-hydrogen) atoms. The first kappa shape index (κ1) is 16.7. The van der Waals surface area contributed by atoms with Crippen LogP contribution in [0.3, 0.4) is 0 Å². The molecule has 0 aliphatic carbocycles. The average molecular weight is 154 g/mol. The standard InChI is InChI=1S/C7H10.2C2H6/c1-4-6-7(3)5-2;2*1-2/h4-6H,1-2H2,3H3;2*1-2H3/b7-6-;;. The van der Waals surface area contributed by atoms with Gasteiger partial charge in [-0.1, -0.05) is 64.7 Å². The average Bonchev–Trinajstić information content (AvgIpc) is 2.12. The number of hydrogen-bond acceptors (Lipinski definition) is 0. The first-order chi connectivity index (χ1) is 5.31. The molecule has 66 valence electrons. The summed E-state index contributed by atoms with van der Waals surface area (Å²) in [4.78, 5) is 0. The van der Waals surface area contributed by atoms with E-state index in [4.69, 9.17) is 0 Å². The summed E-state index contributed by atoms with van der Waals surface area (Å²) >= 11 is 0. The summed E-state index contributed by atoms with van der Waals surface area (Å²) in [6, 6.07) is 0. The van der Waals surface area contributed by atoms with Crippen molar-refractivity contribution in [2.45, 2.75) is 34.6 Å². The Morgan fingerprint density at radius 3 is 1.45 bits per heavy atom. The van der Waals surface area contributed by atoms with Crippen LogP contribution in [0.5, 0.6) is 0 Å². The smallest absolute Gasteiger partial charge is 0.0398 e. The van der Waals surface area contributed by atoms with E-state index in [2.05, 4.69) is 13.2 Å². The molecule has 0 amide bonds. The fraction of sp³-hybridized carbons (Fsp3) is 0.455. The molecular formula is C11H22. The summed E-state index contributed by atoms with van der Waals surface area (Å²) in [6.07, 6.45) is 5.45. The maximum atomic E-state index is 3.56. The van der Waals surface area contributed by atoms with E-state index in [-0.39, 0.29) is 0 Å². The summed E-state index contributed by atoms with van der Waals surface area (Å²) in [7, 11) is 0. The first-order valence-corrected chi connectivity index (χ1v) is 4.23. The monoisotopic (exact) mass is 154 g/mol. The largest absolute Gasteiger partial charge is 0.0991 e. The van der Waals surface area contributed by atoms with Gasteiger partial charge in [0, 0.05) is 0 Å². The molecule has 0 atom stereocenters. The lowest BCUT2D eigenvalue weighted by molar-refractivity contribution is 1.50. The maximum absolute atomic E-state index is 3.56. The second kappa shape index (κ2) is 22.9. The van der Waals surface area contributed by atoms with E-state index in [1.165, 1.54) is 0 Å². The molecule has 0 N–H and O–H groups in total. The highest BCUT2D eigenvalue weighted by molar-refractivity contribution is 5.17. The molecule has 0 heteroatoms. The highest BCUT2D eigenvalue weighted by Gasteiger charge is 1.68. The van der Waals surface area contributed by atoms with Crippen LogP contribution in [0.25, 0.3) is 0 Å². The van der Waals surface area contributed by atoms with Crippen molar-refractivity contribution in [2.24, 2.45) is 0 Å². The van der Waals surface area contributed by atoms with Gasteiger partial charge in [0.25, 0.3) is 0 Å². The second-order valence-electron chi connectivity index (χ2n) is 1.35. The van der Waals surface area contributed by atoms with Crippen LogP contribution in [-0.2, 0) is 0 Å². The lowest BCUT2D eigenvalue weighted by Crippen LogP contribution is -1.58. The van der Waals surface area contributed by atoms with Crippen molar-refractivity contribution in [1.82, 2.24) is 0 Å². The molecule has 0 aliphatic rings. The molecule has 0 saturated carbocycles. The zero-order valence-electron chi connectivity index (χ0n) is 8.65. The molecule has 0 nitrogen and oxygen atoms in total. The van der Waals surface area contributed by atoms with Crippen molar-refractivity contribution in [3.8, 4) is 0 Å². The first-order valence-electron chi connectivity index (χ1n) is 4.23. The Bertz CT molecular complexity index is 96.6. The van der Waals surface area contributed by atoms with Gasteiger partial charge in [-0.3, -0.25) is 0 Å². The van der Waals surface area contributed by atoms with Gasteiger partial charge >= 0.3 is 0 Å². The Kier molecular flexibility index (Phi) is 34.6. The van der Waals surface area contributed by atoms with Crippen molar-refractivity contribution in [3.05, 3.63) is 37.0 Å². The van der Waals surface area contributed by atoms with Crippen molar-refractivity contribution in [2.75, 3.05) is 0 Å². The predicted molar refractivity (Wildman–Crippen MR) is 56.8 cm³/mol. The summed E-state index contributed by atoms with van der Waals surface area (Å²) < 4.78 is 0. The van der Waals surface area contributed by atoms with E-state index >= 15 is 0 Å². The van der Waals surface area contributed by atoms with Gasteiger partial charge < -0.3 is 0 Å². The van der Waals surface area contributed by atoms with Crippen LogP contribution in [0.2, 0.25) is 0 Å². The van der Waals surface area contributed by atoms with E-state index in [0.717, 1.165) is 5.57 Å². The van der Waals surface area contributed by atoms with Gasteiger partial charge in [-0.2, -0.15) is 0 Å². The third kappa shape index (κ3) is 27.0. The predicted octanol–water partition coefficient (Wildman–Crippen LogP) is 4.36. The van der Waals surface area contributed by atoms with Crippen molar-refractivity contribution < 1.29 is 0 Å². The second-order valence-corrected chi connectivity index (χ2v) is 1.35. The summed E-state index contributed by atoms with van der Waals surface area (Å²) in [5.41, 5.74) is 1.15. The molecular weight excluding hydrogens is 132 g/mol. The summed E-state index contributed by atoms with van der Waals surface area (Å²) in [6.45, 7) is 17.1. The van der Waals surface area contributed by atoms with Gasteiger partial charge in [0.2, 0.25) is 0 Å². The van der Waals surface area contributed by atoms with Crippen molar-refractivity contribution in [1.29, 1.82) is 0 Å². The maximum Gasteiger partial charge on any atom is -0.0398 e. The Morgan fingerprint density at radius 1 is 1.00 bits per heavy atom. The molecule has 0 unspecified atom stereocenters. The fourth-order valence-electron chi connectivity index (χ4n) is 0.254. The Labute approximate surface area is 72.3 Å². The van der Waals surface area contributed by atoms with Gasteiger partial charge in [0.15, 0.2) is 0 Å². The highest BCUT2D eigenvalue weighted by atomic mass is 13.8. The van der Waals surface area contributed by atoms with Gasteiger partial charge in [-0.05, 0) is 6.92 Å². The number of hydrogen-bond donors (Lipinski definition) is 0. The van der Waals surface area contributed by atoms with Crippen LogP contribution in [0.4, 0.5) is 0 Å². The molecule has 0 aromatic rings. The third-order valence-corrected chi connectivity index (χ3v) is 0.703. The fourth-order valence-corrected chi connectivity index (χ4v) is 0.254. The molecule has 0 spiro atoms. The minimum atomic E-state index is 1.15. The van der Waals surface area contributed by atoms with E-state index in [9.17, 15) is 0 Å². The van der Waals surface area contributed by atoms with Gasteiger partial charge in [0.1, 0.15) is 0 Å². The third-order valence-electron chi connectivity index (χ3n) is 0.703. The molecule has 0 aromatic carbocycles. The van der Waals surface area contributed by atoms with Gasteiger partial charge in [-0.15, -0.1) is 0 Å². The van der Waals surface area contributed by atoms with Gasteiger partial charge in [0.05, 0.1) is 0 Å². The Morgan fingerprint density at radius 2 is 1.36 bits per heavy atom. The molecule has 0 heterocycles. The summed E-state index contributed by atoms with van der Waals surface area (Å²) in [5.74, 6) is 0. The quantitative estimate of drug-likeness (QED) is 0.518. The Hall–Kier alpha value is -0.780. The van der Waals surface area contributed by atoms with E-state index in [1.807, 2.05) is 40.7 Å². The SMILES string of the molecule is C=C/C=C(/C)C=C.CC.CC. The van der Waals surface area contributed by atoms with Crippen LogP contribution < -0.4 is 0 Å². The number of allylic oxidation sites excluding steroid dienone is 4. The molecule has 0 rings (SSSR count). The normalized spacial score (nSPS) is 7.91. The lowest BCUT2D eigenvalue weighted by Gasteiger charge is -1.80. The topological polar surface area (TPSA) is 0 Å². The van der Waals surface area contributed by atoms with Crippen molar-refractivity contribution >= 4 is 0 Å². The van der Waals surface area contributed by atoms with Crippen LogP contribution in [0.15, 0.2) is 37.0 Å². The minimum Gasteiger partial charge on any atom is -0.0991 e. The molecule has 0 bridgehead atoms. The zero-order chi connectivity index (χ0) is 9.70. The van der Waals surface area contributed by atoms with Crippen LogP contribution in [0.1, 0.15) is 34.6 Å². The highest BCUT2D eigenvalue weighted by Crippen LogP contribution is 1.90. The van der Waals surface area contributed by atoms with E-state index < -0.39 is 0 Å². The van der Waals surface area contributed by atoms with Crippen molar-refractivity contribution in [3.63, 3.8) is 0 Å². The van der Waals surface area contributed by atoms with Crippen LogP contribution in [-0.4, -0.2) is 0 Å². The van der Waals surface area contributed by atoms with Crippen LogP contribution >= 0.6 is 0 Å².